The van der Waals surface area contributed by atoms with E-state index in [1.807, 2.05) is 48.3 Å². The minimum Gasteiger partial charge on any atom is -0.370 e. The second-order valence-electron chi connectivity index (χ2n) is 13.7. The number of likely N-dealkylation sites (N-methyl/N-ethyl adjacent to an activating group) is 1. The third-order valence-electron chi connectivity index (χ3n) is 9.52. The summed E-state index contributed by atoms with van der Waals surface area (Å²) in [5.41, 5.74) is 9.32. The van der Waals surface area contributed by atoms with Crippen LogP contribution in [0.3, 0.4) is 0 Å². The summed E-state index contributed by atoms with van der Waals surface area (Å²) in [6, 6.07) is 30.9. The molecule has 2 aliphatic heterocycles. The molecule has 6 rings (SSSR count). The molecule has 2 saturated heterocycles. The highest BCUT2D eigenvalue weighted by molar-refractivity contribution is 5.96. The first-order chi connectivity index (χ1) is 26.3. The lowest BCUT2D eigenvalue weighted by molar-refractivity contribution is -0.136. The summed E-state index contributed by atoms with van der Waals surface area (Å²) in [6.45, 7) is 7.09. The van der Waals surface area contributed by atoms with Gasteiger partial charge in [-0.05, 0) is 105 Å². The van der Waals surface area contributed by atoms with Crippen LogP contribution in [0.2, 0.25) is 0 Å². The van der Waals surface area contributed by atoms with Gasteiger partial charge in [0.2, 0.25) is 24.1 Å². The van der Waals surface area contributed by atoms with Crippen molar-refractivity contribution < 1.29 is 19.2 Å². The molecule has 2 heterocycles. The van der Waals surface area contributed by atoms with Crippen LogP contribution >= 0.6 is 0 Å². The number of fused-ring (bicyclic) bond motifs is 1. The number of aryl methyl sites for hydroxylation is 1. The van der Waals surface area contributed by atoms with Gasteiger partial charge in [0.1, 0.15) is 0 Å². The molecule has 0 bridgehead atoms. The average Bonchev–Trinajstić information content (AvgIpc) is 3.44. The molecule has 0 saturated carbocycles. The van der Waals surface area contributed by atoms with E-state index in [-0.39, 0.29) is 23.6 Å². The third kappa shape index (κ3) is 13.9. The first kappa shape index (κ1) is 41.5. The number of nitrogens with zero attached hydrogens (tertiary/aromatic N) is 2. The van der Waals surface area contributed by atoms with Crippen molar-refractivity contribution in [1.29, 1.82) is 0 Å². The molecule has 54 heavy (non-hydrogen) atoms. The zero-order chi connectivity index (χ0) is 38.5. The van der Waals surface area contributed by atoms with Crippen molar-refractivity contribution in [3.63, 3.8) is 0 Å². The normalized spacial score (nSPS) is 14.4. The monoisotopic (exact) mass is 735 g/mol. The van der Waals surface area contributed by atoms with E-state index in [0.29, 0.717) is 37.3 Å². The number of hydrogen-bond donors (Lipinski definition) is 5. The number of hydrogen-bond acceptors (Lipinski definition) is 7. The van der Waals surface area contributed by atoms with E-state index in [9.17, 15) is 19.2 Å². The predicted octanol–water partition coefficient (Wildman–Crippen LogP) is 5.35. The minimum absolute atomic E-state index is 0.0482. The molecule has 0 unspecified atom stereocenters. The van der Waals surface area contributed by atoms with E-state index in [1.165, 1.54) is 28.8 Å². The fourth-order valence-electron chi connectivity index (χ4n) is 6.75. The topological polar surface area (TPSA) is 149 Å². The van der Waals surface area contributed by atoms with Crippen molar-refractivity contribution in [2.75, 3.05) is 68.4 Å². The molecule has 2 aliphatic rings. The molecule has 2 fully saturated rings. The first-order valence-electron chi connectivity index (χ1n) is 19.1. The Bertz CT molecular complexity index is 1770. The lowest BCUT2D eigenvalue weighted by Gasteiger charge is -2.29. The molecule has 0 spiro atoms. The lowest BCUT2D eigenvalue weighted by Crippen LogP contribution is -2.42. The van der Waals surface area contributed by atoms with Gasteiger partial charge in [-0.25, -0.2) is 0 Å². The molecule has 11 heteroatoms. The standard InChI is InChI=1S/C28H37N5O3.C13H15N.C2H5NO/c34-21-30-24-10-11-26(25(20-24)31-27(35)9-4-8-22-6-2-1-3-7-22)32-16-5-17-33(19-18-32)28(36)23-12-14-29-15-13-23;1-14-9-8-11-6-7-12-4-2-3-5-13(12)10-11;1-2(3)4/h1-3,6-7,10-11,20-21,23,29H,4-5,8-9,12-19H2,(H,30,34)(H,31,35);2-7,10,14H,8-9H2,1H3;1H3,(H2,3,4). The van der Waals surface area contributed by atoms with E-state index < -0.39 is 0 Å². The minimum atomic E-state index is -0.333. The largest absolute Gasteiger partial charge is 0.370 e. The number of carbonyl (C=O) groups is 4. The molecule has 0 atom stereocenters. The van der Waals surface area contributed by atoms with Crippen molar-refractivity contribution in [2.45, 2.75) is 51.9 Å². The molecule has 0 aromatic heterocycles. The quantitative estimate of drug-likeness (QED) is 0.123. The van der Waals surface area contributed by atoms with Gasteiger partial charge >= 0.3 is 0 Å². The van der Waals surface area contributed by atoms with Gasteiger partial charge in [-0.2, -0.15) is 0 Å². The highest BCUT2D eigenvalue weighted by Gasteiger charge is 2.28. The maximum absolute atomic E-state index is 13.1. The summed E-state index contributed by atoms with van der Waals surface area (Å²) in [5, 5.41) is 14.9. The van der Waals surface area contributed by atoms with Crippen molar-refractivity contribution in [2.24, 2.45) is 11.7 Å². The molecular formula is C43H57N7O4. The van der Waals surface area contributed by atoms with Crippen LogP contribution in [-0.4, -0.2) is 81.9 Å². The van der Waals surface area contributed by atoms with Crippen LogP contribution in [-0.2, 0) is 32.0 Å². The van der Waals surface area contributed by atoms with E-state index in [4.69, 9.17) is 0 Å². The molecular weight excluding hydrogens is 679 g/mol. The van der Waals surface area contributed by atoms with Crippen molar-refractivity contribution >= 4 is 52.0 Å². The Morgan fingerprint density at radius 3 is 2.28 bits per heavy atom. The summed E-state index contributed by atoms with van der Waals surface area (Å²) < 4.78 is 0. The SMILES string of the molecule is CC(N)=O.CNCCc1ccc2ccccc2c1.O=CNc1ccc(N2CCCN(C(=O)C3CCNCC3)CC2)c(NC(=O)CCCc2ccccc2)c1. The van der Waals surface area contributed by atoms with Crippen LogP contribution in [0.4, 0.5) is 17.1 Å². The molecule has 0 radical (unpaired) electrons. The molecule has 4 aromatic rings. The Morgan fingerprint density at radius 2 is 1.56 bits per heavy atom. The fourth-order valence-corrected chi connectivity index (χ4v) is 6.75. The summed E-state index contributed by atoms with van der Waals surface area (Å²) in [5.74, 6) is 0.0148. The summed E-state index contributed by atoms with van der Waals surface area (Å²) in [4.78, 5) is 50.3. The molecule has 6 N–H and O–H groups in total. The summed E-state index contributed by atoms with van der Waals surface area (Å²) >= 11 is 0. The number of nitrogens with two attached hydrogens (primary N) is 1. The van der Waals surface area contributed by atoms with Gasteiger partial charge in [0.05, 0.1) is 11.4 Å². The number of rotatable bonds is 12. The summed E-state index contributed by atoms with van der Waals surface area (Å²) in [7, 11) is 1.99. The molecule has 4 aromatic carbocycles. The first-order valence-corrected chi connectivity index (χ1v) is 19.1. The van der Waals surface area contributed by atoms with Crippen LogP contribution < -0.4 is 31.9 Å². The molecule has 4 amide bonds. The highest BCUT2D eigenvalue weighted by atomic mass is 16.2. The van der Waals surface area contributed by atoms with Crippen LogP contribution in [0.1, 0.15) is 50.2 Å². The smallest absolute Gasteiger partial charge is 0.225 e. The fraction of sp³-hybridized carbons (Fsp3) is 0.395. The Labute approximate surface area is 320 Å². The van der Waals surface area contributed by atoms with Gasteiger partial charge < -0.3 is 36.8 Å². The maximum atomic E-state index is 13.1. The maximum Gasteiger partial charge on any atom is 0.225 e. The van der Waals surface area contributed by atoms with Crippen molar-refractivity contribution in [1.82, 2.24) is 15.5 Å². The van der Waals surface area contributed by atoms with E-state index >= 15 is 0 Å². The van der Waals surface area contributed by atoms with Crippen LogP contribution in [0, 0.1) is 5.92 Å². The number of nitrogens with one attached hydrogen (secondary N) is 4. The van der Waals surface area contributed by atoms with E-state index in [2.05, 4.69) is 86.5 Å². The number of anilines is 3. The Kier molecular flexibility index (Phi) is 17.5. The molecule has 0 aliphatic carbocycles. The molecule has 11 nitrogen and oxygen atoms in total. The van der Waals surface area contributed by atoms with Crippen LogP contribution in [0.25, 0.3) is 10.8 Å². The van der Waals surface area contributed by atoms with Gasteiger partial charge in [-0.15, -0.1) is 0 Å². The van der Waals surface area contributed by atoms with E-state index in [1.54, 1.807) is 0 Å². The second kappa shape index (κ2) is 22.7. The second-order valence-corrected chi connectivity index (χ2v) is 13.7. The predicted molar refractivity (Wildman–Crippen MR) is 220 cm³/mol. The van der Waals surface area contributed by atoms with Crippen molar-refractivity contribution in [3.8, 4) is 0 Å². The van der Waals surface area contributed by atoms with Gasteiger partial charge in [0.15, 0.2) is 0 Å². The van der Waals surface area contributed by atoms with Gasteiger partial charge in [-0.1, -0.05) is 72.8 Å². The third-order valence-corrected chi connectivity index (χ3v) is 9.52. The average molecular weight is 736 g/mol. The van der Waals surface area contributed by atoms with Gasteiger partial charge in [0.25, 0.3) is 0 Å². The Hall–Kier alpha value is -5.26. The zero-order valence-electron chi connectivity index (χ0n) is 31.8. The lowest BCUT2D eigenvalue weighted by atomic mass is 9.96. The summed E-state index contributed by atoms with van der Waals surface area (Å²) in [6.07, 6.45) is 6.44. The number of carbonyl (C=O) groups excluding carboxylic acids is 4. The Balaban J connectivity index is 0.000000297. The van der Waals surface area contributed by atoms with E-state index in [0.717, 1.165) is 76.9 Å². The highest BCUT2D eigenvalue weighted by Crippen LogP contribution is 2.31. The van der Waals surface area contributed by atoms with Crippen molar-refractivity contribution in [3.05, 3.63) is 102 Å². The van der Waals surface area contributed by atoms with Crippen LogP contribution in [0.5, 0.6) is 0 Å². The number of primary amides is 1. The zero-order valence-corrected chi connectivity index (χ0v) is 31.8. The molecule has 288 valence electrons. The van der Waals surface area contributed by atoms with Gasteiger partial charge in [0, 0.05) is 51.1 Å². The number of benzene rings is 4. The Morgan fingerprint density at radius 1 is 0.833 bits per heavy atom. The number of amides is 4. The van der Waals surface area contributed by atoms with Crippen LogP contribution in [0.15, 0.2) is 91.0 Å². The number of piperidine rings is 1. The van der Waals surface area contributed by atoms with Gasteiger partial charge in [-0.3, -0.25) is 19.2 Å².